The van der Waals surface area contributed by atoms with E-state index >= 15 is 0 Å². The Morgan fingerprint density at radius 1 is 0.709 bits per heavy atom. The highest BCUT2D eigenvalue weighted by Crippen LogP contribution is 2.59. The van der Waals surface area contributed by atoms with Gasteiger partial charge in [0.15, 0.2) is 0 Å². The van der Waals surface area contributed by atoms with E-state index in [0.717, 1.165) is 72.9 Å². The first kappa shape index (κ1) is 47.4. The van der Waals surface area contributed by atoms with Crippen LogP contribution in [0, 0.1) is 59.7 Å². The van der Waals surface area contributed by atoms with Crippen LogP contribution in [0.1, 0.15) is 175 Å². The summed E-state index contributed by atoms with van der Waals surface area (Å²) in [7, 11) is 0. The Labute approximate surface area is 350 Å². The van der Waals surface area contributed by atoms with Gasteiger partial charge in [0.25, 0.3) is 0 Å². The van der Waals surface area contributed by atoms with E-state index in [4.69, 9.17) is 11.2 Å². The second kappa shape index (κ2) is 24.7. The third-order valence-electron chi connectivity index (χ3n) is 13.0. The van der Waals surface area contributed by atoms with E-state index in [1.807, 2.05) is 13.8 Å². The highest BCUT2D eigenvalue weighted by Gasteiger charge is 2.57. The first-order valence-electron chi connectivity index (χ1n) is 22.1. The van der Waals surface area contributed by atoms with Crippen molar-refractivity contribution >= 4 is 27.9 Å². The highest BCUT2D eigenvalue weighted by molar-refractivity contribution is 9.09. The highest BCUT2D eigenvalue weighted by atomic mass is 79.9. The molecule has 8 aliphatic rings. The second-order valence-corrected chi connectivity index (χ2v) is 18.3. The summed E-state index contributed by atoms with van der Waals surface area (Å²) >= 11 is 3.22. The predicted molar refractivity (Wildman–Crippen MR) is 223 cm³/mol. The minimum atomic E-state index is -0.108. The molecule has 0 unspecified atom stereocenters. The van der Waals surface area contributed by atoms with Gasteiger partial charge in [0.05, 0.1) is 13.2 Å². The molecule has 0 amide bonds. The van der Waals surface area contributed by atoms with E-state index in [2.05, 4.69) is 80.1 Å². The van der Waals surface area contributed by atoms with E-state index in [1.165, 1.54) is 64.2 Å². The molecule has 9 rings (SSSR count). The number of imidazole rings is 1. The zero-order valence-electron chi connectivity index (χ0n) is 34.9. The van der Waals surface area contributed by atoms with Gasteiger partial charge in [0.2, 0.25) is 6.33 Å². The Morgan fingerprint density at radius 3 is 1.56 bits per heavy atom. The fourth-order valence-corrected chi connectivity index (χ4v) is 11.7. The van der Waals surface area contributed by atoms with Crippen LogP contribution in [0.5, 0.6) is 0 Å². The summed E-state index contributed by atoms with van der Waals surface area (Å²) in [5.41, 5.74) is 1.00. The van der Waals surface area contributed by atoms with Crippen LogP contribution in [-0.2, 0) is 30.1 Å². The number of nitrogens with zero attached hydrogens (tertiary/aromatic N) is 2. The number of unbranched alkanes of at least 4 members (excludes halogenated alkanes) is 5. The molecule has 0 N–H and O–H groups in total. The molecular formula is C47H74BrClN2O4. The van der Waals surface area contributed by atoms with Gasteiger partial charge in [-0.1, -0.05) is 42.6 Å². The molecule has 0 spiro atoms. The van der Waals surface area contributed by atoms with Crippen molar-refractivity contribution in [3.63, 3.8) is 0 Å². The summed E-state index contributed by atoms with van der Waals surface area (Å²) in [5.74, 6) is 14.8. The lowest BCUT2D eigenvalue weighted by molar-refractivity contribution is -0.776. The molecule has 0 radical (unpaired) electrons. The van der Waals surface area contributed by atoms with E-state index in [1.54, 1.807) is 38.5 Å². The number of hydrogen-bond acceptors (Lipinski definition) is 4. The van der Waals surface area contributed by atoms with Crippen LogP contribution in [0.4, 0.5) is 0 Å². The maximum absolute atomic E-state index is 10.9. The van der Waals surface area contributed by atoms with Gasteiger partial charge in [-0.05, 0) is 152 Å². The second-order valence-electron chi connectivity index (χ2n) is 17.5. The lowest BCUT2D eigenvalue weighted by atomic mass is 9.53. The van der Waals surface area contributed by atoms with Crippen molar-refractivity contribution in [1.29, 1.82) is 0 Å². The van der Waals surface area contributed by atoms with Gasteiger partial charge in [-0.3, -0.25) is 9.59 Å². The first-order valence-corrected chi connectivity index (χ1v) is 23.2. The molecule has 8 saturated carbocycles. The molecule has 6 nitrogen and oxygen atoms in total. The smallest absolute Gasteiger partial charge is 0.305 e. The number of ether oxygens (including phenoxy) is 2. The van der Waals surface area contributed by atoms with Crippen molar-refractivity contribution < 1.29 is 36.0 Å². The number of rotatable bonds is 14. The SMILES string of the molecule is C#CCCCC.CCCCC#CCCCC(=O)OCC.CCOC(=O)CCCBr.[Cl-].c1c[n+](C23CC4CC(CC(C4)C2)C3)cn1C12CC3CC(CC(C3)C1)C2. The molecule has 8 aliphatic carbocycles. The first-order chi connectivity index (χ1) is 26.2. The quantitative estimate of drug-likeness (QED) is 0.0626. The maximum atomic E-state index is 10.9. The maximum Gasteiger partial charge on any atom is 0.305 e. The Balaban J connectivity index is 0.000000232. The van der Waals surface area contributed by atoms with Crippen molar-refractivity contribution in [3.8, 4) is 24.2 Å². The standard InChI is InChI=1S/C23H33N2.C12H20O2.C6H11BrO2.C6H10.ClH/c1-2-25(23-12-19-6-20(13-23)8-21(7-19)14-23)15-24(1)22-9-16-3-17(10-22)5-18(4-16)11-22;1-3-5-6-7-8-9-10-11-12(13)14-4-2;1-2-9-6(8)4-3-5-7;1-3-5-6-4-2;/h1-2,15-21H,3-14H2;3-6,9-11H2,1-2H3;2-5H2,1H3;1H,4-6H2,2H3;1H/q+1;;;;/p-1. The molecular weight excluding hydrogens is 772 g/mol. The predicted octanol–water partition coefficient (Wildman–Crippen LogP) is 8.08. The Kier molecular flexibility index (Phi) is 21.3. The average Bonchev–Trinajstić information content (AvgIpc) is 3.66. The third kappa shape index (κ3) is 14.4. The van der Waals surface area contributed by atoms with Gasteiger partial charge in [0.1, 0.15) is 23.5 Å². The summed E-state index contributed by atoms with van der Waals surface area (Å²) in [6.45, 7) is 8.89. The number of aromatic nitrogens is 2. The molecule has 1 aromatic rings. The lowest BCUT2D eigenvalue weighted by Crippen LogP contribution is -3.00. The van der Waals surface area contributed by atoms with Crippen molar-refractivity contribution in [2.75, 3.05) is 18.5 Å². The van der Waals surface area contributed by atoms with Crippen molar-refractivity contribution in [2.45, 2.75) is 186 Å². The minimum absolute atomic E-state index is 0. The van der Waals surface area contributed by atoms with Crippen LogP contribution in [0.3, 0.4) is 0 Å². The van der Waals surface area contributed by atoms with E-state index < -0.39 is 0 Å². The van der Waals surface area contributed by atoms with Crippen LogP contribution >= 0.6 is 15.9 Å². The number of hydrogen-bond donors (Lipinski definition) is 0. The Hall–Kier alpha value is -1.96. The Bertz CT molecular complexity index is 1260. The van der Waals surface area contributed by atoms with Crippen molar-refractivity contribution in [2.24, 2.45) is 35.5 Å². The van der Waals surface area contributed by atoms with Crippen molar-refractivity contribution in [3.05, 3.63) is 18.7 Å². The van der Waals surface area contributed by atoms with Crippen LogP contribution in [-0.4, -0.2) is 35.0 Å². The molecule has 1 heterocycles. The van der Waals surface area contributed by atoms with E-state index in [-0.39, 0.29) is 24.3 Å². The average molecular weight is 846 g/mol. The summed E-state index contributed by atoms with van der Waals surface area (Å²) < 4.78 is 14.9. The molecule has 8 bridgehead atoms. The summed E-state index contributed by atoms with van der Waals surface area (Å²) in [6.07, 6.45) is 40.9. The zero-order valence-corrected chi connectivity index (χ0v) is 37.3. The molecule has 55 heavy (non-hydrogen) atoms. The van der Waals surface area contributed by atoms with Gasteiger partial charge in [-0.15, -0.1) is 24.2 Å². The molecule has 0 aliphatic heterocycles. The Morgan fingerprint density at radius 2 is 1.15 bits per heavy atom. The number of carbonyl (C=O) groups is 2. The van der Waals surface area contributed by atoms with Gasteiger partial charge in [0, 0.05) is 37.4 Å². The van der Waals surface area contributed by atoms with Crippen LogP contribution in [0.25, 0.3) is 0 Å². The number of esters is 2. The molecule has 0 saturated heterocycles. The molecule has 8 heteroatoms. The molecule has 1 aromatic heterocycles. The number of alkyl halides is 1. The lowest BCUT2D eigenvalue weighted by Gasteiger charge is -2.55. The van der Waals surface area contributed by atoms with Crippen LogP contribution < -0.4 is 17.0 Å². The molecule has 8 fully saturated rings. The molecule has 310 valence electrons. The number of halogens is 2. The summed E-state index contributed by atoms with van der Waals surface area (Å²) in [5, 5.41) is 0.867. The van der Waals surface area contributed by atoms with Gasteiger partial charge < -0.3 is 21.9 Å². The van der Waals surface area contributed by atoms with E-state index in [0.29, 0.717) is 37.1 Å². The van der Waals surface area contributed by atoms with E-state index in [9.17, 15) is 9.59 Å². The fourth-order valence-electron chi connectivity index (χ4n) is 11.4. The van der Waals surface area contributed by atoms with Crippen molar-refractivity contribution in [1.82, 2.24) is 4.57 Å². The normalized spacial score (nSPS) is 29.7. The van der Waals surface area contributed by atoms with Gasteiger partial charge in [-0.2, -0.15) is 0 Å². The third-order valence-corrected chi connectivity index (χ3v) is 13.6. The minimum Gasteiger partial charge on any atom is -1.00 e. The van der Waals surface area contributed by atoms with Crippen LogP contribution in [0.2, 0.25) is 0 Å². The number of terminal acetylenes is 1. The van der Waals surface area contributed by atoms with Crippen LogP contribution in [0.15, 0.2) is 18.7 Å². The molecule has 0 atom stereocenters. The zero-order chi connectivity index (χ0) is 38.8. The summed E-state index contributed by atoms with van der Waals surface area (Å²) in [6, 6.07) is 0. The summed E-state index contributed by atoms with van der Waals surface area (Å²) in [4.78, 5) is 21.5. The largest absolute Gasteiger partial charge is 1.00 e. The number of carbonyl (C=O) groups excluding carboxylic acids is 2. The van der Waals surface area contributed by atoms with Gasteiger partial charge in [-0.25, -0.2) is 9.13 Å². The molecule has 0 aromatic carbocycles. The topological polar surface area (TPSA) is 61.4 Å². The fraction of sp³-hybridized carbons (Fsp3) is 0.809. The van der Waals surface area contributed by atoms with Gasteiger partial charge >= 0.3 is 11.9 Å². The monoisotopic (exact) mass is 844 g/mol.